The zero-order valence-corrected chi connectivity index (χ0v) is 12.8. The van der Waals surface area contributed by atoms with Gasteiger partial charge in [0.05, 0.1) is 13.2 Å². The lowest BCUT2D eigenvalue weighted by Gasteiger charge is -2.20. The van der Waals surface area contributed by atoms with Gasteiger partial charge in [-0.05, 0) is 32.8 Å². The fourth-order valence-corrected chi connectivity index (χ4v) is 2.30. The molecule has 2 rings (SSSR count). The third-order valence-corrected chi connectivity index (χ3v) is 3.27. The molecule has 0 spiro atoms. The van der Waals surface area contributed by atoms with Gasteiger partial charge < -0.3 is 9.47 Å². The number of methoxy groups -OCH3 is 1. The average Bonchev–Trinajstić information content (AvgIpc) is 3.11. The summed E-state index contributed by atoms with van der Waals surface area (Å²) in [6, 6.07) is 8.99. The lowest BCUT2D eigenvalue weighted by molar-refractivity contribution is -0.140. The quantitative estimate of drug-likeness (QED) is 0.634. The van der Waals surface area contributed by atoms with E-state index in [9.17, 15) is 9.59 Å². The van der Waals surface area contributed by atoms with Crippen molar-refractivity contribution < 1.29 is 19.1 Å². The SMILES string of the molecule is COC(=O)[C@H]1[C@H](Cc2ccccc2)N1C(=O)OC(C)(C)C. The molecule has 5 nitrogen and oxygen atoms in total. The van der Waals surface area contributed by atoms with Crippen LogP contribution in [-0.4, -0.2) is 41.8 Å². The predicted octanol–water partition coefficient (Wildman–Crippen LogP) is 2.39. The Morgan fingerprint density at radius 2 is 1.81 bits per heavy atom. The van der Waals surface area contributed by atoms with Gasteiger partial charge in [0, 0.05) is 0 Å². The molecular formula is C16H21NO4. The Kier molecular flexibility index (Phi) is 4.21. The Hall–Kier alpha value is -2.04. The lowest BCUT2D eigenvalue weighted by atomic mass is 10.1. The largest absolute Gasteiger partial charge is 0.467 e. The molecule has 0 bridgehead atoms. The highest BCUT2D eigenvalue weighted by atomic mass is 16.6. The maximum absolute atomic E-state index is 12.1. The van der Waals surface area contributed by atoms with Crippen molar-refractivity contribution in [2.24, 2.45) is 0 Å². The van der Waals surface area contributed by atoms with Crippen LogP contribution in [-0.2, 0) is 20.7 Å². The van der Waals surface area contributed by atoms with E-state index in [4.69, 9.17) is 9.47 Å². The molecular weight excluding hydrogens is 270 g/mol. The van der Waals surface area contributed by atoms with Gasteiger partial charge in [-0.15, -0.1) is 0 Å². The van der Waals surface area contributed by atoms with Crippen molar-refractivity contribution in [3.63, 3.8) is 0 Å². The number of ether oxygens (including phenoxy) is 2. The Balaban J connectivity index is 2.08. The molecule has 1 aliphatic heterocycles. The summed E-state index contributed by atoms with van der Waals surface area (Å²) in [6.07, 6.45) is 0.138. The number of nitrogens with zero attached hydrogens (tertiary/aromatic N) is 1. The lowest BCUT2D eigenvalue weighted by Crippen LogP contribution is -2.29. The summed E-state index contributed by atoms with van der Waals surface area (Å²) >= 11 is 0. The van der Waals surface area contributed by atoms with E-state index in [1.165, 1.54) is 12.0 Å². The highest BCUT2D eigenvalue weighted by molar-refractivity contribution is 5.88. The van der Waals surface area contributed by atoms with Crippen molar-refractivity contribution in [2.45, 2.75) is 44.9 Å². The summed E-state index contributed by atoms with van der Waals surface area (Å²) in [4.78, 5) is 25.4. The number of amides is 1. The molecule has 1 fully saturated rings. The van der Waals surface area contributed by atoms with E-state index in [1.807, 2.05) is 30.3 Å². The summed E-state index contributed by atoms with van der Waals surface area (Å²) in [6.45, 7) is 5.40. The summed E-state index contributed by atoms with van der Waals surface area (Å²) in [5, 5.41) is 0. The third-order valence-electron chi connectivity index (χ3n) is 3.27. The van der Waals surface area contributed by atoms with Crippen LogP contribution in [0.2, 0.25) is 0 Å². The van der Waals surface area contributed by atoms with Gasteiger partial charge in [0.25, 0.3) is 0 Å². The minimum atomic E-state index is -0.586. The number of benzene rings is 1. The third kappa shape index (κ3) is 3.74. The van der Waals surface area contributed by atoms with Gasteiger partial charge in [-0.1, -0.05) is 30.3 Å². The second-order valence-electron chi connectivity index (χ2n) is 6.11. The number of hydrogen-bond acceptors (Lipinski definition) is 4. The molecule has 1 aliphatic rings. The van der Waals surface area contributed by atoms with Gasteiger partial charge >= 0.3 is 12.1 Å². The van der Waals surface area contributed by atoms with Crippen LogP contribution < -0.4 is 0 Å². The normalized spacial score (nSPS) is 20.9. The van der Waals surface area contributed by atoms with Crippen LogP contribution >= 0.6 is 0 Å². The zero-order chi connectivity index (χ0) is 15.6. The fourth-order valence-electron chi connectivity index (χ4n) is 2.30. The van der Waals surface area contributed by atoms with E-state index >= 15 is 0 Å². The van der Waals surface area contributed by atoms with Crippen LogP contribution in [0.15, 0.2) is 30.3 Å². The summed E-state index contributed by atoms with van der Waals surface area (Å²) in [5.74, 6) is -0.401. The monoisotopic (exact) mass is 291 g/mol. The molecule has 1 heterocycles. The molecule has 114 valence electrons. The van der Waals surface area contributed by atoms with E-state index in [0.29, 0.717) is 6.42 Å². The van der Waals surface area contributed by atoms with E-state index in [0.717, 1.165) is 5.56 Å². The van der Waals surface area contributed by atoms with Gasteiger partial charge in [-0.3, -0.25) is 4.90 Å². The molecule has 0 N–H and O–H groups in total. The van der Waals surface area contributed by atoms with Crippen LogP contribution in [0.4, 0.5) is 4.79 Å². The zero-order valence-electron chi connectivity index (χ0n) is 12.8. The Morgan fingerprint density at radius 1 is 1.19 bits per heavy atom. The minimum Gasteiger partial charge on any atom is -0.467 e. The Bertz CT molecular complexity index is 521. The second-order valence-corrected chi connectivity index (χ2v) is 6.11. The molecule has 5 heteroatoms. The molecule has 21 heavy (non-hydrogen) atoms. The molecule has 0 radical (unpaired) electrons. The number of carbonyl (C=O) groups excluding carboxylic acids is 2. The summed E-state index contributed by atoms with van der Waals surface area (Å²) in [7, 11) is 1.33. The second kappa shape index (κ2) is 5.76. The smallest absolute Gasteiger partial charge is 0.411 e. The first-order valence-corrected chi connectivity index (χ1v) is 6.96. The number of esters is 1. The van der Waals surface area contributed by atoms with Gasteiger partial charge in [0.1, 0.15) is 5.60 Å². The van der Waals surface area contributed by atoms with E-state index in [1.54, 1.807) is 20.8 Å². The van der Waals surface area contributed by atoms with E-state index in [-0.39, 0.29) is 6.04 Å². The standard InChI is InChI=1S/C16H21NO4/c1-16(2,3)21-15(19)17-12(13(17)14(18)20-4)10-11-8-6-5-7-9-11/h5-9,12-13H,10H2,1-4H3/t12-,13+,17?/m0/s1. The van der Waals surface area contributed by atoms with E-state index < -0.39 is 23.7 Å². The van der Waals surface area contributed by atoms with Crippen LogP contribution in [0.25, 0.3) is 0 Å². The average molecular weight is 291 g/mol. The van der Waals surface area contributed by atoms with Crippen molar-refractivity contribution in [1.82, 2.24) is 4.90 Å². The van der Waals surface area contributed by atoms with Crippen LogP contribution in [0.3, 0.4) is 0 Å². The maximum Gasteiger partial charge on any atom is 0.411 e. The van der Waals surface area contributed by atoms with Crippen LogP contribution in [0.1, 0.15) is 26.3 Å². The van der Waals surface area contributed by atoms with Gasteiger partial charge in [0.15, 0.2) is 6.04 Å². The van der Waals surface area contributed by atoms with Gasteiger partial charge in [0.2, 0.25) is 0 Å². The van der Waals surface area contributed by atoms with Crippen molar-refractivity contribution in [3.05, 3.63) is 35.9 Å². The Labute approximate surface area is 124 Å². The first-order chi connectivity index (χ1) is 9.83. The Morgan fingerprint density at radius 3 is 2.33 bits per heavy atom. The minimum absolute atomic E-state index is 0.199. The van der Waals surface area contributed by atoms with Crippen molar-refractivity contribution in [3.8, 4) is 0 Å². The van der Waals surface area contributed by atoms with Crippen LogP contribution in [0.5, 0.6) is 0 Å². The van der Waals surface area contributed by atoms with Crippen molar-refractivity contribution in [1.29, 1.82) is 0 Å². The first-order valence-electron chi connectivity index (χ1n) is 6.96. The maximum atomic E-state index is 12.1. The molecule has 1 aromatic carbocycles. The molecule has 0 unspecified atom stereocenters. The molecule has 1 amide bonds. The first kappa shape index (κ1) is 15.4. The number of carbonyl (C=O) groups is 2. The fraction of sp³-hybridized carbons (Fsp3) is 0.500. The van der Waals surface area contributed by atoms with Gasteiger partial charge in [-0.25, -0.2) is 9.59 Å². The molecule has 1 aromatic rings. The predicted molar refractivity (Wildman–Crippen MR) is 77.8 cm³/mol. The van der Waals surface area contributed by atoms with Crippen molar-refractivity contribution >= 4 is 12.1 Å². The number of rotatable bonds is 3. The molecule has 0 aromatic heterocycles. The highest BCUT2D eigenvalue weighted by Gasteiger charge is 2.57. The van der Waals surface area contributed by atoms with Crippen LogP contribution in [0, 0.1) is 0 Å². The molecule has 1 saturated heterocycles. The molecule has 2 atom stereocenters. The number of hydrogen-bond donors (Lipinski definition) is 0. The van der Waals surface area contributed by atoms with Crippen molar-refractivity contribution in [2.75, 3.05) is 7.11 Å². The molecule has 0 saturated carbocycles. The van der Waals surface area contributed by atoms with E-state index in [2.05, 4.69) is 0 Å². The topological polar surface area (TPSA) is 55.6 Å². The summed E-state index contributed by atoms with van der Waals surface area (Å²) < 4.78 is 10.1. The van der Waals surface area contributed by atoms with Gasteiger partial charge in [-0.2, -0.15) is 0 Å². The highest BCUT2D eigenvalue weighted by Crippen LogP contribution is 2.34. The molecule has 0 aliphatic carbocycles. The summed E-state index contributed by atoms with van der Waals surface area (Å²) in [5.41, 5.74) is 0.486.